The molecule has 0 saturated heterocycles. The fourth-order valence-corrected chi connectivity index (χ4v) is 2.86. The van der Waals surface area contributed by atoms with E-state index in [1.807, 2.05) is 30.3 Å². The molecule has 0 aliphatic rings. The molecule has 130 valence electrons. The quantitative estimate of drug-likeness (QED) is 0.519. The van der Waals surface area contributed by atoms with Crippen LogP contribution in [0.15, 0.2) is 70.5 Å². The maximum absolute atomic E-state index is 12.7. The van der Waals surface area contributed by atoms with Gasteiger partial charge in [0, 0.05) is 23.5 Å². The number of benzene rings is 2. The van der Waals surface area contributed by atoms with Crippen molar-refractivity contribution in [2.75, 3.05) is 0 Å². The van der Waals surface area contributed by atoms with Crippen molar-refractivity contribution < 1.29 is 0 Å². The van der Waals surface area contributed by atoms with Crippen molar-refractivity contribution in [1.29, 1.82) is 0 Å². The van der Waals surface area contributed by atoms with Gasteiger partial charge in [0.25, 0.3) is 5.56 Å². The summed E-state index contributed by atoms with van der Waals surface area (Å²) in [5.41, 5.74) is 0.744. The van der Waals surface area contributed by atoms with E-state index in [9.17, 15) is 9.59 Å². The minimum Gasteiger partial charge on any atom is -0.290 e. The van der Waals surface area contributed by atoms with E-state index in [1.165, 1.54) is 12.4 Å². The Labute approximate surface area is 158 Å². The van der Waals surface area contributed by atoms with Crippen molar-refractivity contribution in [3.05, 3.63) is 97.9 Å². The van der Waals surface area contributed by atoms with E-state index in [-0.39, 0.29) is 21.9 Å². The van der Waals surface area contributed by atoms with Crippen LogP contribution in [0.5, 0.6) is 0 Å². The Morgan fingerprint density at radius 2 is 1.67 bits per heavy atom. The largest absolute Gasteiger partial charge is 0.334 e. The second-order valence-electron chi connectivity index (χ2n) is 5.61. The zero-order chi connectivity index (χ0) is 18.8. The van der Waals surface area contributed by atoms with Gasteiger partial charge in [0.05, 0.1) is 10.7 Å². The molecule has 4 rings (SSSR count). The summed E-state index contributed by atoms with van der Waals surface area (Å²) in [6.45, 7) is 0. The highest BCUT2D eigenvalue weighted by molar-refractivity contribution is 6.32. The molecule has 1 N–H and O–H groups in total. The number of nitrogens with one attached hydrogen (secondary N) is 1. The SMILES string of the molecule is O=c1[nH]c2nccnc2c(=O)n1-c1ccc(C#Cc2ccccc2)cc1Cl. The third-order valence-electron chi connectivity index (χ3n) is 3.85. The van der Waals surface area contributed by atoms with Crippen LogP contribution < -0.4 is 11.2 Å². The maximum atomic E-state index is 12.7. The van der Waals surface area contributed by atoms with Crippen molar-refractivity contribution in [1.82, 2.24) is 19.5 Å². The van der Waals surface area contributed by atoms with Gasteiger partial charge >= 0.3 is 5.69 Å². The van der Waals surface area contributed by atoms with E-state index in [4.69, 9.17) is 11.6 Å². The zero-order valence-corrected chi connectivity index (χ0v) is 14.6. The van der Waals surface area contributed by atoms with Gasteiger partial charge in [-0.2, -0.15) is 0 Å². The summed E-state index contributed by atoms with van der Waals surface area (Å²) < 4.78 is 0.938. The summed E-state index contributed by atoms with van der Waals surface area (Å²) in [5.74, 6) is 6.04. The van der Waals surface area contributed by atoms with E-state index in [2.05, 4.69) is 26.8 Å². The highest BCUT2D eigenvalue weighted by Crippen LogP contribution is 2.20. The molecular weight excluding hydrogens is 364 g/mol. The number of hydrogen-bond acceptors (Lipinski definition) is 4. The Morgan fingerprint density at radius 3 is 2.44 bits per heavy atom. The maximum Gasteiger partial charge on any atom is 0.334 e. The van der Waals surface area contributed by atoms with Gasteiger partial charge in [0.15, 0.2) is 11.2 Å². The Balaban J connectivity index is 1.81. The lowest BCUT2D eigenvalue weighted by Crippen LogP contribution is -2.34. The average molecular weight is 375 g/mol. The average Bonchev–Trinajstić information content (AvgIpc) is 2.68. The number of halogens is 1. The van der Waals surface area contributed by atoms with Gasteiger partial charge < -0.3 is 0 Å². The van der Waals surface area contributed by atoms with Crippen LogP contribution in [0.2, 0.25) is 5.02 Å². The van der Waals surface area contributed by atoms with Gasteiger partial charge in [0.1, 0.15) is 0 Å². The molecule has 7 heteroatoms. The van der Waals surface area contributed by atoms with Crippen LogP contribution in [-0.2, 0) is 0 Å². The second-order valence-corrected chi connectivity index (χ2v) is 6.01. The van der Waals surface area contributed by atoms with E-state index < -0.39 is 11.2 Å². The number of H-pyrrole nitrogens is 1. The van der Waals surface area contributed by atoms with Crippen LogP contribution in [0, 0.1) is 11.8 Å². The molecule has 0 aliphatic carbocycles. The first kappa shape index (κ1) is 16.8. The molecule has 2 aromatic carbocycles. The molecular formula is C20H11ClN4O2. The van der Waals surface area contributed by atoms with Gasteiger partial charge in [-0.15, -0.1) is 0 Å². The summed E-state index contributed by atoms with van der Waals surface area (Å²) in [6, 6.07) is 14.4. The number of fused-ring (bicyclic) bond motifs is 1. The van der Waals surface area contributed by atoms with Gasteiger partial charge in [0.2, 0.25) is 0 Å². The van der Waals surface area contributed by atoms with Gasteiger partial charge in [-0.25, -0.2) is 19.3 Å². The lowest BCUT2D eigenvalue weighted by Gasteiger charge is -2.07. The predicted molar refractivity (Wildman–Crippen MR) is 103 cm³/mol. The van der Waals surface area contributed by atoms with Crippen molar-refractivity contribution in [2.24, 2.45) is 0 Å². The van der Waals surface area contributed by atoms with Gasteiger partial charge in [-0.3, -0.25) is 9.78 Å². The Hall–Kier alpha value is -3.69. The molecule has 2 heterocycles. The minimum atomic E-state index is -0.641. The Bertz CT molecular complexity index is 1330. The van der Waals surface area contributed by atoms with Crippen molar-refractivity contribution in [3.63, 3.8) is 0 Å². The third kappa shape index (κ3) is 3.24. The minimum absolute atomic E-state index is 0.0566. The highest BCUT2D eigenvalue weighted by atomic mass is 35.5. The summed E-state index contributed by atoms with van der Waals surface area (Å²) in [4.78, 5) is 35.5. The highest BCUT2D eigenvalue weighted by Gasteiger charge is 2.13. The fourth-order valence-electron chi connectivity index (χ4n) is 2.59. The van der Waals surface area contributed by atoms with Crippen molar-refractivity contribution >= 4 is 22.8 Å². The first-order chi connectivity index (χ1) is 13.1. The summed E-state index contributed by atoms with van der Waals surface area (Å²) >= 11 is 6.32. The topological polar surface area (TPSA) is 80.6 Å². The van der Waals surface area contributed by atoms with Crippen LogP contribution in [0.3, 0.4) is 0 Å². The van der Waals surface area contributed by atoms with Crippen LogP contribution in [0.1, 0.15) is 11.1 Å². The standard InChI is InChI=1S/C20H11ClN4O2/c21-15-12-14(7-6-13-4-2-1-3-5-13)8-9-16(15)25-19(26)17-18(24-20(25)27)23-11-10-22-17/h1-5,8-12H,(H,23,24,27). The molecule has 2 aromatic heterocycles. The number of aromatic amines is 1. The van der Waals surface area contributed by atoms with E-state index in [1.54, 1.807) is 18.2 Å². The Kier molecular flexibility index (Phi) is 4.29. The monoisotopic (exact) mass is 374 g/mol. The van der Waals surface area contributed by atoms with Crippen LogP contribution >= 0.6 is 11.6 Å². The first-order valence-electron chi connectivity index (χ1n) is 7.96. The smallest absolute Gasteiger partial charge is 0.290 e. The lowest BCUT2D eigenvalue weighted by atomic mass is 10.1. The summed E-state index contributed by atoms with van der Waals surface area (Å²) in [7, 11) is 0. The normalized spacial score (nSPS) is 10.4. The number of aromatic nitrogens is 4. The van der Waals surface area contributed by atoms with Crippen molar-refractivity contribution in [3.8, 4) is 17.5 Å². The first-order valence-corrected chi connectivity index (χ1v) is 8.34. The zero-order valence-electron chi connectivity index (χ0n) is 13.8. The number of rotatable bonds is 1. The van der Waals surface area contributed by atoms with Gasteiger partial charge in [-0.1, -0.05) is 41.6 Å². The van der Waals surface area contributed by atoms with Crippen LogP contribution in [-0.4, -0.2) is 19.5 Å². The number of hydrogen-bond donors (Lipinski definition) is 1. The number of nitrogens with zero attached hydrogens (tertiary/aromatic N) is 3. The van der Waals surface area contributed by atoms with E-state index in [0.717, 1.165) is 10.1 Å². The van der Waals surface area contributed by atoms with Gasteiger partial charge in [-0.05, 0) is 30.3 Å². The van der Waals surface area contributed by atoms with Crippen LogP contribution in [0.25, 0.3) is 16.9 Å². The lowest BCUT2D eigenvalue weighted by molar-refractivity contribution is 0.888. The molecule has 0 unspecified atom stereocenters. The molecule has 0 spiro atoms. The predicted octanol–water partition coefficient (Wildman–Crippen LogP) is 2.52. The molecule has 0 aliphatic heterocycles. The van der Waals surface area contributed by atoms with E-state index in [0.29, 0.717) is 5.56 Å². The molecule has 27 heavy (non-hydrogen) atoms. The molecule has 0 radical (unpaired) electrons. The fraction of sp³-hybridized carbons (Fsp3) is 0. The molecule has 0 atom stereocenters. The molecule has 0 bridgehead atoms. The molecule has 0 saturated carbocycles. The van der Waals surface area contributed by atoms with Crippen LogP contribution in [0.4, 0.5) is 0 Å². The molecule has 6 nitrogen and oxygen atoms in total. The second kappa shape index (κ2) is 6.90. The Morgan fingerprint density at radius 1 is 0.926 bits per heavy atom. The summed E-state index contributed by atoms with van der Waals surface area (Å²) in [5, 5.41) is 0.228. The summed E-state index contributed by atoms with van der Waals surface area (Å²) in [6.07, 6.45) is 2.78. The molecule has 0 amide bonds. The molecule has 0 fully saturated rings. The molecule has 4 aromatic rings. The van der Waals surface area contributed by atoms with Crippen molar-refractivity contribution in [2.45, 2.75) is 0 Å². The van der Waals surface area contributed by atoms with E-state index >= 15 is 0 Å². The third-order valence-corrected chi connectivity index (χ3v) is 4.15.